The Morgan fingerprint density at radius 3 is 2.38 bits per heavy atom. The number of benzene rings is 2. The van der Waals surface area contributed by atoms with Gasteiger partial charge in [-0.15, -0.1) is 0 Å². The molecular formula is C21H25N3O4S. The quantitative estimate of drug-likeness (QED) is 0.454. The number of hydrazine groups is 1. The molecule has 0 saturated heterocycles. The first-order valence-electron chi connectivity index (χ1n) is 9.37. The van der Waals surface area contributed by atoms with Crippen molar-refractivity contribution >= 4 is 29.1 Å². The third-order valence-corrected chi connectivity index (χ3v) is 4.04. The highest BCUT2D eigenvalue weighted by Gasteiger charge is 2.13. The van der Waals surface area contributed by atoms with Crippen molar-refractivity contribution in [3.8, 4) is 11.5 Å². The molecule has 0 spiro atoms. The Hall–Kier alpha value is -3.13. The molecule has 8 heteroatoms. The van der Waals surface area contributed by atoms with Crippen molar-refractivity contribution in [2.75, 3.05) is 13.2 Å². The molecule has 0 unspecified atom stereocenters. The first-order chi connectivity index (χ1) is 14.0. The lowest BCUT2D eigenvalue weighted by atomic mass is 10.2. The zero-order valence-electron chi connectivity index (χ0n) is 16.5. The van der Waals surface area contributed by atoms with Gasteiger partial charge >= 0.3 is 0 Å². The van der Waals surface area contributed by atoms with Crippen LogP contribution in [0, 0.1) is 0 Å². The van der Waals surface area contributed by atoms with Crippen molar-refractivity contribution in [1.82, 2.24) is 16.2 Å². The lowest BCUT2D eigenvalue weighted by Crippen LogP contribution is -2.49. The number of hydrogen-bond donors (Lipinski definition) is 3. The lowest BCUT2D eigenvalue weighted by molar-refractivity contribution is -0.123. The van der Waals surface area contributed by atoms with Gasteiger partial charge in [0.15, 0.2) is 11.7 Å². The normalized spacial score (nSPS) is 10.0. The average Bonchev–Trinajstić information content (AvgIpc) is 2.75. The van der Waals surface area contributed by atoms with E-state index in [1.165, 1.54) is 5.56 Å². The van der Waals surface area contributed by atoms with Crippen LogP contribution in [0.1, 0.15) is 36.2 Å². The van der Waals surface area contributed by atoms with Gasteiger partial charge in [-0.2, -0.15) is 0 Å². The highest BCUT2D eigenvalue weighted by molar-refractivity contribution is 7.80. The van der Waals surface area contributed by atoms with Crippen LogP contribution in [-0.4, -0.2) is 30.1 Å². The second kappa shape index (κ2) is 11.7. The Bertz CT molecular complexity index is 840. The summed E-state index contributed by atoms with van der Waals surface area (Å²) in [6.45, 7) is 4.36. The molecule has 0 fully saturated rings. The maximum absolute atomic E-state index is 12.4. The molecule has 0 aliphatic rings. The van der Waals surface area contributed by atoms with E-state index >= 15 is 0 Å². The molecule has 0 saturated carbocycles. The number of aryl methyl sites for hydroxylation is 1. The molecule has 0 radical (unpaired) electrons. The van der Waals surface area contributed by atoms with Crippen LogP contribution in [0.15, 0.2) is 48.5 Å². The van der Waals surface area contributed by atoms with Gasteiger partial charge in [0.2, 0.25) is 0 Å². The fourth-order valence-electron chi connectivity index (χ4n) is 2.33. The number of ether oxygens (including phenoxy) is 2. The maximum atomic E-state index is 12.4. The van der Waals surface area contributed by atoms with Crippen LogP contribution in [0.4, 0.5) is 0 Å². The third kappa shape index (κ3) is 7.42. The molecule has 7 nitrogen and oxygen atoms in total. The molecule has 2 aromatic rings. The number of carbonyl (C=O) groups excluding carboxylic acids is 2. The number of amides is 2. The Morgan fingerprint density at radius 2 is 1.69 bits per heavy atom. The van der Waals surface area contributed by atoms with E-state index in [-0.39, 0.29) is 11.7 Å². The largest absolute Gasteiger partial charge is 0.493 e. The molecule has 154 valence electrons. The number of nitrogens with one attached hydrogen (secondary N) is 3. The van der Waals surface area contributed by atoms with E-state index in [0.717, 1.165) is 12.8 Å². The molecule has 0 bridgehead atoms. The smallest absolute Gasteiger partial charge is 0.276 e. The summed E-state index contributed by atoms with van der Waals surface area (Å²) in [5, 5.41) is 2.46. The van der Waals surface area contributed by atoms with E-state index in [1.54, 1.807) is 24.3 Å². The van der Waals surface area contributed by atoms with Gasteiger partial charge in [0.25, 0.3) is 11.8 Å². The summed E-state index contributed by atoms with van der Waals surface area (Å²) in [6.07, 6.45) is 1.76. The Kier molecular flexibility index (Phi) is 8.91. The Morgan fingerprint density at radius 1 is 0.966 bits per heavy atom. The second-order valence-corrected chi connectivity index (χ2v) is 6.50. The highest BCUT2D eigenvalue weighted by Crippen LogP contribution is 2.18. The van der Waals surface area contributed by atoms with Crippen molar-refractivity contribution in [2.24, 2.45) is 0 Å². The number of para-hydroxylation sites is 1. The summed E-state index contributed by atoms with van der Waals surface area (Å²) in [5.74, 6) is 0.196. The Balaban J connectivity index is 1.77. The first-order valence-corrected chi connectivity index (χ1v) is 9.78. The van der Waals surface area contributed by atoms with Gasteiger partial charge in [0, 0.05) is 0 Å². The third-order valence-electron chi connectivity index (χ3n) is 3.84. The van der Waals surface area contributed by atoms with Crippen LogP contribution < -0.4 is 25.6 Å². The van der Waals surface area contributed by atoms with Crippen LogP contribution in [0.2, 0.25) is 0 Å². The summed E-state index contributed by atoms with van der Waals surface area (Å²) < 4.78 is 11.0. The van der Waals surface area contributed by atoms with E-state index in [2.05, 4.69) is 23.1 Å². The monoisotopic (exact) mass is 415 g/mol. The van der Waals surface area contributed by atoms with E-state index < -0.39 is 11.8 Å². The van der Waals surface area contributed by atoms with Crippen molar-refractivity contribution in [3.05, 3.63) is 59.7 Å². The summed E-state index contributed by atoms with van der Waals surface area (Å²) in [4.78, 5) is 24.3. The van der Waals surface area contributed by atoms with Crippen molar-refractivity contribution in [3.63, 3.8) is 0 Å². The first kappa shape index (κ1) is 22.2. The fourth-order valence-corrected chi connectivity index (χ4v) is 2.47. The molecule has 0 atom stereocenters. The van der Waals surface area contributed by atoms with Crippen LogP contribution in [-0.2, 0) is 11.2 Å². The molecule has 2 aromatic carbocycles. The standard InChI is InChI=1S/C21H25N3O4S/c1-3-13-27-18-8-6-5-7-17(18)20(26)22-21(29)24-23-19(25)14-28-16-11-9-15(4-2)10-12-16/h5-12H,3-4,13-14H2,1-2H3,(H,23,25)(H2,22,24,26,29). The molecule has 29 heavy (non-hydrogen) atoms. The van der Waals surface area contributed by atoms with Crippen molar-refractivity contribution in [1.29, 1.82) is 0 Å². The number of thiocarbonyl (C=S) groups is 1. The maximum Gasteiger partial charge on any atom is 0.276 e. The van der Waals surface area contributed by atoms with E-state index in [9.17, 15) is 9.59 Å². The molecule has 2 amide bonds. The number of carbonyl (C=O) groups is 2. The zero-order valence-corrected chi connectivity index (χ0v) is 17.3. The average molecular weight is 416 g/mol. The topological polar surface area (TPSA) is 88.7 Å². The minimum absolute atomic E-state index is 0.0408. The molecule has 0 aliphatic carbocycles. The van der Waals surface area contributed by atoms with Gasteiger partial charge in [0.1, 0.15) is 11.5 Å². The van der Waals surface area contributed by atoms with Crippen molar-refractivity contribution < 1.29 is 19.1 Å². The van der Waals surface area contributed by atoms with E-state index in [1.807, 2.05) is 31.2 Å². The SMILES string of the molecule is CCCOc1ccccc1C(=O)NC(=S)NNC(=O)COc1ccc(CC)cc1. The van der Waals surface area contributed by atoms with Gasteiger partial charge in [-0.3, -0.25) is 25.8 Å². The second-order valence-electron chi connectivity index (χ2n) is 6.09. The summed E-state index contributed by atoms with van der Waals surface area (Å²) in [7, 11) is 0. The minimum atomic E-state index is -0.437. The van der Waals surface area contributed by atoms with Gasteiger partial charge in [-0.25, -0.2) is 0 Å². The van der Waals surface area contributed by atoms with Gasteiger partial charge in [-0.1, -0.05) is 38.1 Å². The van der Waals surface area contributed by atoms with Crippen LogP contribution in [0.5, 0.6) is 11.5 Å². The highest BCUT2D eigenvalue weighted by atomic mass is 32.1. The molecule has 2 rings (SSSR count). The Labute approximate surface area is 175 Å². The zero-order chi connectivity index (χ0) is 21.1. The van der Waals surface area contributed by atoms with Gasteiger partial charge in [0.05, 0.1) is 12.2 Å². The predicted molar refractivity (Wildman–Crippen MR) is 115 cm³/mol. The lowest BCUT2D eigenvalue weighted by Gasteiger charge is -2.13. The summed E-state index contributed by atoms with van der Waals surface area (Å²) in [6, 6.07) is 14.4. The molecular weight excluding hydrogens is 390 g/mol. The van der Waals surface area contributed by atoms with E-state index in [4.69, 9.17) is 21.7 Å². The fraction of sp³-hybridized carbons (Fsp3) is 0.286. The summed E-state index contributed by atoms with van der Waals surface area (Å²) >= 11 is 5.05. The van der Waals surface area contributed by atoms with Crippen LogP contribution >= 0.6 is 12.2 Å². The van der Waals surface area contributed by atoms with Gasteiger partial charge < -0.3 is 9.47 Å². The van der Waals surface area contributed by atoms with Crippen molar-refractivity contribution in [2.45, 2.75) is 26.7 Å². The van der Waals surface area contributed by atoms with Crippen LogP contribution in [0.3, 0.4) is 0 Å². The molecule has 0 heterocycles. The minimum Gasteiger partial charge on any atom is -0.493 e. The predicted octanol–water partition coefficient (Wildman–Crippen LogP) is 2.75. The van der Waals surface area contributed by atoms with Gasteiger partial charge in [-0.05, 0) is 54.9 Å². The molecule has 3 N–H and O–H groups in total. The van der Waals surface area contributed by atoms with E-state index in [0.29, 0.717) is 23.7 Å². The number of hydrogen-bond acceptors (Lipinski definition) is 5. The van der Waals surface area contributed by atoms with Crippen LogP contribution in [0.25, 0.3) is 0 Å². The number of rotatable bonds is 8. The molecule has 0 aliphatic heterocycles. The molecule has 0 aromatic heterocycles. The summed E-state index contributed by atoms with van der Waals surface area (Å²) in [5.41, 5.74) is 6.40.